The summed E-state index contributed by atoms with van der Waals surface area (Å²) in [5.41, 5.74) is 9.06. The summed E-state index contributed by atoms with van der Waals surface area (Å²) in [5.74, 6) is 0.852. The monoisotopic (exact) mass is 435 g/mol. The number of hydrogen-bond acceptors (Lipinski definition) is 5. The molecular formula is C24H29N5OS. The van der Waals surface area contributed by atoms with Gasteiger partial charge in [-0.3, -0.25) is 4.79 Å². The molecule has 0 spiro atoms. The molecule has 0 saturated carbocycles. The van der Waals surface area contributed by atoms with Crippen LogP contribution in [0.5, 0.6) is 0 Å². The number of aromatic nitrogens is 3. The minimum atomic E-state index is -0.375. The summed E-state index contributed by atoms with van der Waals surface area (Å²) in [7, 11) is 0. The maximum atomic E-state index is 13.4. The van der Waals surface area contributed by atoms with Crippen molar-refractivity contribution in [2.24, 2.45) is 0 Å². The van der Waals surface area contributed by atoms with Gasteiger partial charge in [-0.2, -0.15) is 0 Å². The van der Waals surface area contributed by atoms with Crippen molar-refractivity contribution in [3.63, 3.8) is 0 Å². The van der Waals surface area contributed by atoms with Crippen molar-refractivity contribution < 1.29 is 4.79 Å². The van der Waals surface area contributed by atoms with E-state index in [1.807, 2.05) is 22.9 Å². The van der Waals surface area contributed by atoms with E-state index in [-0.39, 0.29) is 17.2 Å². The maximum Gasteiger partial charge on any atom is 0.240 e. The number of hydrogen-bond donors (Lipinski definition) is 2. The summed E-state index contributed by atoms with van der Waals surface area (Å²) in [5, 5.41) is 12.1. The van der Waals surface area contributed by atoms with Crippen LogP contribution in [0.15, 0.2) is 47.6 Å². The molecule has 1 amide bonds. The van der Waals surface area contributed by atoms with Crippen LogP contribution >= 0.6 is 11.8 Å². The van der Waals surface area contributed by atoms with Crippen molar-refractivity contribution in [1.82, 2.24) is 14.9 Å². The van der Waals surface area contributed by atoms with Crippen LogP contribution in [0.25, 0.3) is 0 Å². The lowest BCUT2D eigenvalue weighted by Gasteiger charge is -2.33. The average Bonchev–Trinajstić information content (AvgIpc) is 3.17. The molecule has 1 aliphatic rings. The third-order valence-corrected chi connectivity index (χ3v) is 6.97. The first-order valence-corrected chi connectivity index (χ1v) is 11.7. The number of carbonyl (C=O) groups excluding carboxylic acids is 1. The lowest BCUT2D eigenvalue weighted by Crippen LogP contribution is -2.41. The average molecular weight is 436 g/mol. The third-order valence-electron chi connectivity index (χ3n) is 5.76. The predicted octanol–water partition coefficient (Wildman–Crippen LogP) is 4.81. The van der Waals surface area contributed by atoms with Gasteiger partial charge in [0.25, 0.3) is 0 Å². The van der Waals surface area contributed by atoms with Crippen LogP contribution in [0, 0.1) is 13.8 Å². The largest absolute Gasteiger partial charge is 0.325 e. The first kappa shape index (κ1) is 21.4. The van der Waals surface area contributed by atoms with E-state index < -0.39 is 0 Å². The number of anilines is 1. The molecule has 2 heterocycles. The number of nitrogens with one attached hydrogen (secondary N) is 2. The molecule has 0 bridgehead atoms. The molecule has 31 heavy (non-hydrogen) atoms. The standard InChI is InChI=1S/C24H29N5OS/c1-5-7-20-26-27-24-29(20)28-21(18-11-9-17(6-2)10-12-18)22(31-24)23(30)25-19-13-8-15(3)16(4)14-19/h8-14,21-22,28H,5-7H2,1-4H3,(H,25,30)/t21-,22+/m0/s1. The van der Waals surface area contributed by atoms with E-state index >= 15 is 0 Å². The van der Waals surface area contributed by atoms with Gasteiger partial charge >= 0.3 is 0 Å². The first-order chi connectivity index (χ1) is 15.0. The summed E-state index contributed by atoms with van der Waals surface area (Å²) < 4.78 is 1.95. The highest BCUT2D eigenvalue weighted by molar-refractivity contribution is 8.00. The summed E-state index contributed by atoms with van der Waals surface area (Å²) in [6, 6.07) is 14.3. The number of benzene rings is 2. The van der Waals surface area contributed by atoms with Gasteiger partial charge in [-0.1, -0.05) is 55.9 Å². The van der Waals surface area contributed by atoms with Crippen molar-refractivity contribution >= 4 is 23.4 Å². The lowest BCUT2D eigenvalue weighted by molar-refractivity contribution is -0.116. The zero-order chi connectivity index (χ0) is 22.0. The summed E-state index contributed by atoms with van der Waals surface area (Å²) in [6.45, 7) is 8.39. The fraction of sp³-hybridized carbons (Fsp3) is 0.375. The molecule has 0 saturated heterocycles. The van der Waals surface area contributed by atoms with Crippen molar-refractivity contribution in [2.75, 3.05) is 10.7 Å². The van der Waals surface area contributed by atoms with Crippen LogP contribution in [0.3, 0.4) is 0 Å². The Balaban J connectivity index is 1.65. The van der Waals surface area contributed by atoms with Gasteiger partial charge in [-0.25, -0.2) is 4.68 Å². The Bertz CT molecular complexity index is 1080. The van der Waals surface area contributed by atoms with Crippen molar-refractivity contribution in [3.8, 4) is 0 Å². The number of nitrogens with zero attached hydrogens (tertiary/aromatic N) is 3. The maximum absolute atomic E-state index is 13.4. The Morgan fingerprint density at radius 2 is 1.87 bits per heavy atom. The lowest BCUT2D eigenvalue weighted by atomic mass is 10.0. The van der Waals surface area contributed by atoms with Crippen LogP contribution in [0.4, 0.5) is 5.69 Å². The Kier molecular flexibility index (Phi) is 6.32. The quantitative estimate of drug-likeness (QED) is 0.581. The van der Waals surface area contributed by atoms with E-state index in [0.29, 0.717) is 0 Å². The number of carbonyl (C=O) groups is 1. The van der Waals surface area contributed by atoms with Crippen molar-refractivity contribution in [1.29, 1.82) is 0 Å². The number of thioether (sulfide) groups is 1. The van der Waals surface area contributed by atoms with Crippen LogP contribution < -0.4 is 10.7 Å². The van der Waals surface area contributed by atoms with Crippen molar-refractivity contribution in [2.45, 2.75) is 63.4 Å². The summed E-state index contributed by atoms with van der Waals surface area (Å²) in [6.07, 6.45) is 2.80. The number of fused-ring (bicyclic) bond motifs is 1. The van der Waals surface area contributed by atoms with Crippen LogP contribution in [0.1, 0.15) is 54.4 Å². The van der Waals surface area contributed by atoms with Crippen LogP contribution in [-0.4, -0.2) is 26.0 Å². The van der Waals surface area contributed by atoms with E-state index in [4.69, 9.17) is 0 Å². The molecule has 1 aliphatic heterocycles. The highest BCUT2D eigenvalue weighted by Gasteiger charge is 2.37. The summed E-state index contributed by atoms with van der Waals surface area (Å²) in [4.78, 5) is 13.4. The minimum absolute atomic E-state index is 0.0448. The SMILES string of the molecule is CCCc1nnc2n1N[C@@H](c1ccc(CC)cc1)[C@H](C(=O)Nc1ccc(C)c(C)c1)S2. The first-order valence-electron chi connectivity index (χ1n) is 10.8. The predicted molar refractivity (Wildman–Crippen MR) is 126 cm³/mol. The Morgan fingerprint density at radius 3 is 2.55 bits per heavy atom. The zero-order valence-corrected chi connectivity index (χ0v) is 19.3. The van der Waals surface area contributed by atoms with Gasteiger partial charge in [-0.15, -0.1) is 10.2 Å². The van der Waals surface area contributed by atoms with E-state index in [1.165, 1.54) is 22.9 Å². The minimum Gasteiger partial charge on any atom is -0.325 e. The molecule has 0 aliphatic carbocycles. The third kappa shape index (κ3) is 4.46. The zero-order valence-electron chi connectivity index (χ0n) is 18.5. The Morgan fingerprint density at radius 1 is 1.10 bits per heavy atom. The summed E-state index contributed by atoms with van der Waals surface area (Å²) >= 11 is 1.47. The van der Waals surface area contributed by atoms with Gasteiger partial charge in [-0.05, 0) is 61.1 Å². The Labute approximate surface area is 187 Å². The second-order valence-corrected chi connectivity index (χ2v) is 9.12. The van der Waals surface area contributed by atoms with Gasteiger partial charge in [0.05, 0.1) is 6.04 Å². The van der Waals surface area contributed by atoms with Gasteiger partial charge in [0.2, 0.25) is 11.1 Å². The van der Waals surface area contributed by atoms with E-state index in [0.717, 1.165) is 47.1 Å². The molecule has 1 aromatic heterocycles. The molecule has 2 atom stereocenters. The molecule has 6 nitrogen and oxygen atoms in total. The second-order valence-electron chi connectivity index (χ2n) is 8.01. The van der Waals surface area contributed by atoms with Crippen LogP contribution in [0.2, 0.25) is 0 Å². The molecule has 0 radical (unpaired) electrons. The van der Waals surface area contributed by atoms with Gasteiger partial charge in [0, 0.05) is 12.1 Å². The molecule has 2 aromatic carbocycles. The van der Waals surface area contributed by atoms with E-state index in [2.05, 4.69) is 72.9 Å². The van der Waals surface area contributed by atoms with E-state index in [1.54, 1.807) is 0 Å². The fourth-order valence-corrected chi connectivity index (χ4v) is 4.83. The van der Waals surface area contributed by atoms with Gasteiger partial charge < -0.3 is 10.7 Å². The normalized spacial score (nSPS) is 17.7. The topological polar surface area (TPSA) is 71.8 Å². The second kappa shape index (κ2) is 9.14. The molecule has 0 unspecified atom stereocenters. The van der Waals surface area contributed by atoms with E-state index in [9.17, 15) is 4.79 Å². The fourth-order valence-electron chi connectivity index (χ4n) is 3.73. The molecule has 162 valence electrons. The number of amides is 1. The molecular weight excluding hydrogens is 406 g/mol. The smallest absolute Gasteiger partial charge is 0.240 e. The molecule has 7 heteroatoms. The molecule has 4 rings (SSSR count). The van der Waals surface area contributed by atoms with Gasteiger partial charge in [0.15, 0.2) is 5.82 Å². The number of aryl methyl sites for hydroxylation is 4. The number of rotatable bonds is 6. The van der Waals surface area contributed by atoms with Gasteiger partial charge in [0.1, 0.15) is 5.25 Å². The Hall–Kier alpha value is -2.80. The molecule has 0 fully saturated rings. The molecule has 3 aromatic rings. The highest BCUT2D eigenvalue weighted by atomic mass is 32.2. The molecule has 2 N–H and O–H groups in total. The van der Waals surface area contributed by atoms with Crippen molar-refractivity contribution in [3.05, 3.63) is 70.5 Å². The van der Waals surface area contributed by atoms with Crippen LogP contribution in [-0.2, 0) is 17.6 Å². The highest BCUT2D eigenvalue weighted by Crippen LogP contribution is 2.38.